The van der Waals surface area contributed by atoms with Gasteiger partial charge in [0.15, 0.2) is 5.76 Å². The van der Waals surface area contributed by atoms with Gasteiger partial charge in [-0.1, -0.05) is 12.1 Å². The van der Waals surface area contributed by atoms with Gasteiger partial charge >= 0.3 is 6.09 Å². The topological polar surface area (TPSA) is 75.0 Å². The molecule has 1 aromatic heterocycles. The molecule has 1 saturated heterocycles. The van der Waals surface area contributed by atoms with Gasteiger partial charge in [0, 0.05) is 31.5 Å². The van der Waals surface area contributed by atoms with E-state index in [1.54, 1.807) is 36.2 Å². The van der Waals surface area contributed by atoms with Gasteiger partial charge in [0.2, 0.25) is 0 Å². The van der Waals surface area contributed by atoms with E-state index in [4.69, 9.17) is 9.15 Å². The lowest BCUT2D eigenvalue weighted by Crippen LogP contribution is -2.42. The second-order valence-electron chi connectivity index (χ2n) is 9.62. The Labute approximate surface area is 204 Å². The lowest BCUT2D eigenvalue weighted by molar-refractivity contribution is 0.0237. The molecule has 1 atom stereocenters. The van der Waals surface area contributed by atoms with Crippen LogP contribution in [0.4, 0.5) is 20.6 Å². The summed E-state index contributed by atoms with van der Waals surface area (Å²) in [4.78, 5) is 28.8. The Bertz CT molecular complexity index is 1200. The van der Waals surface area contributed by atoms with Crippen molar-refractivity contribution in [3.05, 3.63) is 72.2 Å². The van der Waals surface area contributed by atoms with Crippen molar-refractivity contribution in [2.24, 2.45) is 0 Å². The van der Waals surface area contributed by atoms with Crippen LogP contribution in [0.15, 0.2) is 65.1 Å². The molecule has 1 aliphatic rings. The fraction of sp³-hybridized carbons (Fsp3) is 0.333. The first-order valence-corrected chi connectivity index (χ1v) is 11.6. The monoisotopic (exact) mass is 479 g/mol. The van der Waals surface area contributed by atoms with Crippen LogP contribution in [0, 0.1) is 5.82 Å². The van der Waals surface area contributed by atoms with Crippen LogP contribution < -0.4 is 10.2 Å². The quantitative estimate of drug-likeness (QED) is 0.502. The summed E-state index contributed by atoms with van der Waals surface area (Å²) in [5.41, 5.74) is 1.39. The summed E-state index contributed by atoms with van der Waals surface area (Å²) >= 11 is 0. The number of carbonyl (C=O) groups excluding carboxylic acids is 2. The summed E-state index contributed by atoms with van der Waals surface area (Å²) in [7, 11) is 1.77. The third-order valence-corrected chi connectivity index (χ3v) is 5.85. The molecule has 1 unspecified atom stereocenters. The lowest BCUT2D eigenvalue weighted by Gasteiger charge is -2.28. The maximum atomic E-state index is 14.0. The standard InChI is InChI=1S/C27H30FN3O4/c1-27(2,3)35-26(33)30(4)20-15-16-31(17-20)19-11-9-18(10-12-19)29-25(32)24-14-13-23(34-24)21-7-5-6-8-22(21)28/h5-14,20H,15-17H2,1-4H3,(H,29,32). The molecule has 4 rings (SSSR count). The van der Waals surface area contributed by atoms with E-state index >= 15 is 0 Å². The van der Waals surface area contributed by atoms with E-state index in [1.807, 2.05) is 45.0 Å². The van der Waals surface area contributed by atoms with Crippen molar-refractivity contribution < 1.29 is 23.1 Å². The molecule has 0 spiro atoms. The van der Waals surface area contributed by atoms with Crippen LogP contribution in [0.2, 0.25) is 0 Å². The van der Waals surface area contributed by atoms with E-state index in [-0.39, 0.29) is 17.9 Å². The van der Waals surface area contributed by atoms with Crippen LogP contribution in [-0.4, -0.2) is 48.7 Å². The zero-order valence-corrected chi connectivity index (χ0v) is 20.4. The Morgan fingerprint density at radius 3 is 2.49 bits per heavy atom. The number of carbonyl (C=O) groups is 2. The number of halogens is 1. The highest BCUT2D eigenvalue weighted by Crippen LogP contribution is 2.27. The fourth-order valence-corrected chi connectivity index (χ4v) is 3.99. The number of nitrogens with one attached hydrogen (secondary N) is 1. The maximum absolute atomic E-state index is 14.0. The van der Waals surface area contributed by atoms with Crippen LogP contribution in [-0.2, 0) is 4.74 Å². The van der Waals surface area contributed by atoms with Crippen molar-refractivity contribution in [3.8, 4) is 11.3 Å². The molecule has 1 aliphatic heterocycles. The summed E-state index contributed by atoms with van der Waals surface area (Å²) in [6.07, 6.45) is 0.523. The number of ether oxygens (including phenoxy) is 1. The molecular weight excluding hydrogens is 449 g/mol. The van der Waals surface area contributed by atoms with Crippen molar-refractivity contribution >= 4 is 23.4 Å². The normalized spacial score (nSPS) is 15.7. The number of hydrogen-bond donors (Lipinski definition) is 1. The average Bonchev–Trinajstić information content (AvgIpc) is 3.49. The molecule has 0 saturated carbocycles. The molecule has 2 amide bonds. The van der Waals surface area contributed by atoms with Gasteiger partial charge in [-0.2, -0.15) is 0 Å². The van der Waals surface area contributed by atoms with E-state index in [1.165, 1.54) is 12.1 Å². The highest BCUT2D eigenvalue weighted by atomic mass is 19.1. The molecule has 35 heavy (non-hydrogen) atoms. The highest BCUT2D eigenvalue weighted by Gasteiger charge is 2.31. The number of amides is 2. The zero-order valence-electron chi connectivity index (χ0n) is 20.4. The molecule has 184 valence electrons. The smallest absolute Gasteiger partial charge is 0.410 e. The first kappa shape index (κ1) is 24.3. The van der Waals surface area contributed by atoms with Gasteiger partial charge in [-0.3, -0.25) is 4.79 Å². The van der Waals surface area contributed by atoms with E-state index in [0.717, 1.165) is 18.7 Å². The highest BCUT2D eigenvalue weighted by molar-refractivity contribution is 6.02. The summed E-state index contributed by atoms with van der Waals surface area (Å²) in [5, 5.41) is 2.80. The molecule has 7 nitrogen and oxygen atoms in total. The van der Waals surface area contributed by atoms with Crippen LogP contribution in [0.1, 0.15) is 37.7 Å². The van der Waals surface area contributed by atoms with E-state index in [2.05, 4.69) is 10.2 Å². The van der Waals surface area contributed by atoms with Crippen LogP contribution in [0.5, 0.6) is 0 Å². The first-order valence-electron chi connectivity index (χ1n) is 11.6. The number of nitrogens with zero attached hydrogens (tertiary/aromatic N) is 2. The van der Waals surface area contributed by atoms with Crippen LogP contribution >= 0.6 is 0 Å². The summed E-state index contributed by atoms with van der Waals surface area (Å²) in [6, 6.07) is 16.9. The number of likely N-dealkylation sites (N-methyl/N-ethyl adjacent to an activating group) is 1. The number of rotatable bonds is 5. The molecule has 0 aliphatic carbocycles. The van der Waals surface area contributed by atoms with E-state index < -0.39 is 17.3 Å². The molecule has 1 N–H and O–H groups in total. The third-order valence-electron chi connectivity index (χ3n) is 5.85. The van der Waals surface area contributed by atoms with Crippen molar-refractivity contribution in [2.45, 2.75) is 38.8 Å². The predicted molar refractivity (Wildman–Crippen MR) is 133 cm³/mol. The molecule has 1 fully saturated rings. The Hall–Kier alpha value is -3.81. The van der Waals surface area contributed by atoms with Gasteiger partial charge in [0.1, 0.15) is 17.2 Å². The van der Waals surface area contributed by atoms with Crippen LogP contribution in [0.25, 0.3) is 11.3 Å². The molecule has 0 radical (unpaired) electrons. The van der Waals surface area contributed by atoms with Gasteiger partial charge < -0.3 is 24.3 Å². The number of benzene rings is 2. The second kappa shape index (κ2) is 9.82. The van der Waals surface area contributed by atoms with Gasteiger partial charge in [-0.15, -0.1) is 0 Å². The molecule has 3 aromatic rings. The predicted octanol–water partition coefficient (Wildman–Crippen LogP) is 5.78. The van der Waals surface area contributed by atoms with Gasteiger partial charge in [0.05, 0.1) is 11.6 Å². The average molecular weight is 480 g/mol. The molecule has 0 bridgehead atoms. The SMILES string of the molecule is CN(C(=O)OC(C)(C)C)C1CCN(c2ccc(NC(=O)c3ccc(-c4ccccc4F)o3)cc2)C1. The fourth-order valence-electron chi connectivity index (χ4n) is 3.99. The maximum Gasteiger partial charge on any atom is 0.410 e. The molecule has 8 heteroatoms. The summed E-state index contributed by atoms with van der Waals surface area (Å²) < 4.78 is 25.0. The van der Waals surface area contributed by atoms with E-state index in [0.29, 0.717) is 23.6 Å². The summed E-state index contributed by atoms with van der Waals surface area (Å²) in [6.45, 7) is 7.08. The van der Waals surface area contributed by atoms with Crippen molar-refractivity contribution in [2.75, 3.05) is 30.4 Å². The third kappa shape index (κ3) is 5.82. The minimum Gasteiger partial charge on any atom is -0.451 e. The van der Waals surface area contributed by atoms with Crippen molar-refractivity contribution in [3.63, 3.8) is 0 Å². The second-order valence-corrected chi connectivity index (χ2v) is 9.62. The van der Waals surface area contributed by atoms with Crippen LogP contribution in [0.3, 0.4) is 0 Å². The van der Waals surface area contributed by atoms with Gasteiger partial charge in [-0.05, 0) is 75.7 Å². The van der Waals surface area contributed by atoms with Crippen molar-refractivity contribution in [1.29, 1.82) is 0 Å². The lowest BCUT2D eigenvalue weighted by atomic mass is 10.1. The molecule has 2 heterocycles. The largest absolute Gasteiger partial charge is 0.451 e. The Morgan fingerprint density at radius 2 is 1.80 bits per heavy atom. The minimum absolute atomic E-state index is 0.0619. The minimum atomic E-state index is -0.529. The first-order chi connectivity index (χ1) is 16.6. The van der Waals surface area contributed by atoms with Gasteiger partial charge in [0.25, 0.3) is 5.91 Å². The molecular formula is C27H30FN3O4. The molecule has 2 aromatic carbocycles. The van der Waals surface area contributed by atoms with Gasteiger partial charge in [-0.25, -0.2) is 9.18 Å². The number of furan rings is 1. The Balaban J connectivity index is 1.35. The Kier molecular flexibility index (Phi) is 6.82. The van der Waals surface area contributed by atoms with Crippen molar-refractivity contribution in [1.82, 2.24) is 4.90 Å². The Morgan fingerprint density at radius 1 is 1.09 bits per heavy atom. The zero-order chi connectivity index (χ0) is 25.2. The number of hydrogen-bond acceptors (Lipinski definition) is 5. The number of anilines is 2. The van der Waals surface area contributed by atoms with E-state index in [9.17, 15) is 14.0 Å². The summed E-state index contributed by atoms with van der Waals surface area (Å²) in [5.74, 6) is -0.435.